The molecule has 1 heterocycles. The minimum Gasteiger partial charge on any atom is -0.508 e. The highest BCUT2D eigenvalue weighted by Gasteiger charge is 2.20. The number of halogens is 1. The van der Waals surface area contributed by atoms with E-state index in [1.807, 2.05) is 12.1 Å². The molecule has 2 rings (SSSR count). The molecular formula is C16H27ClN2O. The minimum atomic E-state index is 0. The highest BCUT2D eigenvalue weighted by molar-refractivity contribution is 5.85. The Balaban J connectivity index is 0.00000200. The van der Waals surface area contributed by atoms with Gasteiger partial charge in [0.25, 0.3) is 0 Å². The van der Waals surface area contributed by atoms with Gasteiger partial charge in [-0.05, 0) is 63.0 Å². The Morgan fingerprint density at radius 2 is 2.05 bits per heavy atom. The van der Waals surface area contributed by atoms with Crippen LogP contribution in [0.3, 0.4) is 0 Å². The largest absolute Gasteiger partial charge is 0.508 e. The number of hydrogen-bond donors (Lipinski definition) is 2. The molecular weight excluding hydrogens is 272 g/mol. The first-order valence-electron chi connectivity index (χ1n) is 7.44. The van der Waals surface area contributed by atoms with Crippen molar-refractivity contribution in [3.8, 4) is 5.75 Å². The van der Waals surface area contributed by atoms with E-state index < -0.39 is 0 Å². The molecule has 0 spiro atoms. The Kier molecular flexibility index (Phi) is 7.35. The molecule has 0 aliphatic carbocycles. The molecule has 114 valence electrons. The minimum absolute atomic E-state index is 0. The van der Waals surface area contributed by atoms with Gasteiger partial charge in [-0.3, -0.25) is 4.90 Å². The van der Waals surface area contributed by atoms with E-state index in [-0.39, 0.29) is 12.4 Å². The Morgan fingerprint density at radius 1 is 1.35 bits per heavy atom. The summed E-state index contributed by atoms with van der Waals surface area (Å²) in [5.41, 5.74) is 1.20. The summed E-state index contributed by atoms with van der Waals surface area (Å²) >= 11 is 0. The van der Waals surface area contributed by atoms with Crippen LogP contribution in [0.5, 0.6) is 5.75 Å². The zero-order chi connectivity index (χ0) is 13.7. The number of hydrogen-bond acceptors (Lipinski definition) is 3. The van der Waals surface area contributed by atoms with E-state index in [2.05, 4.69) is 30.1 Å². The van der Waals surface area contributed by atoms with Gasteiger partial charge in [-0.15, -0.1) is 12.4 Å². The van der Waals surface area contributed by atoms with Crippen molar-refractivity contribution in [2.75, 3.05) is 26.2 Å². The van der Waals surface area contributed by atoms with E-state index in [0.717, 1.165) is 32.1 Å². The lowest BCUT2D eigenvalue weighted by Gasteiger charge is -2.33. The van der Waals surface area contributed by atoms with E-state index in [1.54, 1.807) is 6.07 Å². The highest BCUT2D eigenvalue weighted by Crippen LogP contribution is 2.25. The number of phenols is 1. The van der Waals surface area contributed by atoms with Gasteiger partial charge in [0.1, 0.15) is 5.75 Å². The standard InChI is InChI=1S/C16H26N2O.ClH/c1-3-18(12-14-7-9-17-10-8-14)13(2)15-5-4-6-16(19)11-15;/h4-6,11,13-14,17,19H,3,7-10,12H2,1-2H3;1H. The molecule has 1 aliphatic rings. The Bertz CT molecular complexity index is 394. The van der Waals surface area contributed by atoms with Crippen LogP contribution in [-0.2, 0) is 0 Å². The zero-order valence-corrected chi connectivity index (χ0v) is 13.3. The molecule has 1 aliphatic heterocycles. The van der Waals surface area contributed by atoms with E-state index in [9.17, 15) is 5.11 Å². The third-order valence-corrected chi connectivity index (χ3v) is 4.26. The van der Waals surface area contributed by atoms with Gasteiger partial charge in [0.2, 0.25) is 0 Å². The van der Waals surface area contributed by atoms with Gasteiger partial charge in [0.05, 0.1) is 0 Å². The van der Waals surface area contributed by atoms with Crippen molar-refractivity contribution in [3.63, 3.8) is 0 Å². The quantitative estimate of drug-likeness (QED) is 0.876. The molecule has 1 aromatic rings. The molecule has 1 unspecified atom stereocenters. The summed E-state index contributed by atoms with van der Waals surface area (Å²) in [5.74, 6) is 1.17. The van der Waals surface area contributed by atoms with E-state index in [0.29, 0.717) is 11.8 Å². The van der Waals surface area contributed by atoms with Gasteiger partial charge in [0, 0.05) is 12.6 Å². The molecule has 0 bridgehead atoms. The first kappa shape index (κ1) is 17.3. The Morgan fingerprint density at radius 3 is 2.65 bits per heavy atom. The molecule has 2 N–H and O–H groups in total. The average molecular weight is 299 g/mol. The molecule has 0 radical (unpaired) electrons. The summed E-state index contributed by atoms with van der Waals surface area (Å²) in [6.45, 7) is 8.99. The lowest BCUT2D eigenvalue weighted by molar-refractivity contribution is 0.168. The summed E-state index contributed by atoms with van der Waals surface area (Å²) in [5, 5.41) is 13.0. The maximum Gasteiger partial charge on any atom is 0.115 e. The molecule has 4 heteroatoms. The SMILES string of the molecule is CCN(CC1CCNCC1)C(C)c1cccc(O)c1.Cl. The maximum atomic E-state index is 9.61. The van der Waals surface area contributed by atoms with Crippen LogP contribution in [0.4, 0.5) is 0 Å². The van der Waals surface area contributed by atoms with Crippen LogP contribution >= 0.6 is 12.4 Å². The molecule has 0 aromatic heterocycles. The lowest BCUT2D eigenvalue weighted by Crippen LogP contribution is -2.37. The van der Waals surface area contributed by atoms with Crippen molar-refractivity contribution >= 4 is 12.4 Å². The van der Waals surface area contributed by atoms with Crippen molar-refractivity contribution in [1.82, 2.24) is 10.2 Å². The van der Waals surface area contributed by atoms with Crippen LogP contribution in [0.25, 0.3) is 0 Å². The van der Waals surface area contributed by atoms with Crippen LogP contribution in [0.1, 0.15) is 38.3 Å². The smallest absolute Gasteiger partial charge is 0.115 e. The number of rotatable bonds is 5. The van der Waals surface area contributed by atoms with Gasteiger partial charge in [-0.2, -0.15) is 0 Å². The highest BCUT2D eigenvalue weighted by atomic mass is 35.5. The van der Waals surface area contributed by atoms with E-state index in [4.69, 9.17) is 0 Å². The molecule has 1 fully saturated rings. The maximum absolute atomic E-state index is 9.61. The Hall–Kier alpha value is -0.770. The summed E-state index contributed by atoms with van der Waals surface area (Å²) in [6.07, 6.45) is 2.56. The second-order valence-electron chi connectivity index (χ2n) is 5.55. The van der Waals surface area contributed by atoms with Crippen molar-refractivity contribution in [3.05, 3.63) is 29.8 Å². The number of piperidine rings is 1. The van der Waals surface area contributed by atoms with Gasteiger partial charge >= 0.3 is 0 Å². The van der Waals surface area contributed by atoms with Gasteiger partial charge in [-0.25, -0.2) is 0 Å². The predicted octanol–water partition coefficient (Wildman–Crippen LogP) is 3.20. The molecule has 3 nitrogen and oxygen atoms in total. The van der Waals surface area contributed by atoms with Crippen LogP contribution in [0.15, 0.2) is 24.3 Å². The normalized spacial score (nSPS) is 17.8. The molecule has 1 saturated heterocycles. The fourth-order valence-electron chi connectivity index (χ4n) is 2.95. The fourth-order valence-corrected chi connectivity index (χ4v) is 2.95. The van der Waals surface area contributed by atoms with Crippen LogP contribution in [0.2, 0.25) is 0 Å². The van der Waals surface area contributed by atoms with Gasteiger partial charge in [-0.1, -0.05) is 19.1 Å². The van der Waals surface area contributed by atoms with Gasteiger partial charge in [0.15, 0.2) is 0 Å². The van der Waals surface area contributed by atoms with Crippen molar-refractivity contribution < 1.29 is 5.11 Å². The monoisotopic (exact) mass is 298 g/mol. The molecule has 1 atom stereocenters. The van der Waals surface area contributed by atoms with E-state index in [1.165, 1.54) is 18.4 Å². The zero-order valence-electron chi connectivity index (χ0n) is 12.5. The third-order valence-electron chi connectivity index (χ3n) is 4.26. The molecule has 0 saturated carbocycles. The summed E-state index contributed by atoms with van der Waals surface area (Å²) in [6, 6.07) is 8.02. The summed E-state index contributed by atoms with van der Waals surface area (Å²) in [4.78, 5) is 2.52. The first-order valence-corrected chi connectivity index (χ1v) is 7.44. The van der Waals surface area contributed by atoms with Crippen LogP contribution < -0.4 is 5.32 Å². The number of nitrogens with zero attached hydrogens (tertiary/aromatic N) is 1. The predicted molar refractivity (Wildman–Crippen MR) is 86.6 cm³/mol. The topological polar surface area (TPSA) is 35.5 Å². The summed E-state index contributed by atoms with van der Waals surface area (Å²) < 4.78 is 0. The average Bonchev–Trinajstić information content (AvgIpc) is 2.45. The molecule has 0 amide bonds. The summed E-state index contributed by atoms with van der Waals surface area (Å²) in [7, 11) is 0. The van der Waals surface area contributed by atoms with Crippen molar-refractivity contribution in [2.24, 2.45) is 5.92 Å². The lowest BCUT2D eigenvalue weighted by atomic mass is 9.96. The van der Waals surface area contributed by atoms with Crippen molar-refractivity contribution in [2.45, 2.75) is 32.7 Å². The molecule has 20 heavy (non-hydrogen) atoms. The second kappa shape index (κ2) is 8.50. The number of phenolic OH excluding ortho intramolecular Hbond substituents is 1. The number of nitrogens with one attached hydrogen (secondary N) is 1. The van der Waals surface area contributed by atoms with Crippen LogP contribution in [0, 0.1) is 5.92 Å². The van der Waals surface area contributed by atoms with Crippen LogP contribution in [-0.4, -0.2) is 36.2 Å². The first-order chi connectivity index (χ1) is 9.20. The second-order valence-corrected chi connectivity index (χ2v) is 5.55. The molecule has 1 aromatic carbocycles. The van der Waals surface area contributed by atoms with Gasteiger partial charge < -0.3 is 10.4 Å². The Labute approximate surface area is 128 Å². The number of benzene rings is 1. The van der Waals surface area contributed by atoms with E-state index >= 15 is 0 Å². The number of aromatic hydroxyl groups is 1. The fraction of sp³-hybridized carbons (Fsp3) is 0.625. The third kappa shape index (κ3) is 4.65. The van der Waals surface area contributed by atoms with Crippen molar-refractivity contribution in [1.29, 1.82) is 0 Å².